The summed E-state index contributed by atoms with van der Waals surface area (Å²) in [6, 6.07) is 11.5. The molecule has 0 bridgehead atoms. The number of carbonyl (C=O) groups excluding carboxylic acids is 1. The fourth-order valence-corrected chi connectivity index (χ4v) is 7.26. The molecule has 33 heavy (non-hydrogen) atoms. The van der Waals surface area contributed by atoms with Crippen LogP contribution in [0.15, 0.2) is 40.6 Å². The van der Waals surface area contributed by atoms with Gasteiger partial charge in [-0.1, -0.05) is 18.6 Å². The number of ether oxygens (including phenoxy) is 1. The highest BCUT2D eigenvalue weighted by Crippen LogP contribution is 2.32. The smallest absolute Gasteiger partial charge is 0.252 e. The lowest BCUT2D eigenvalue weighted by Gasteiger charge is -2.33. The first kappa shape index (κ1) is 24.3. The van der Waals surface area contributed by atoms with Gasteiger partial charge in [-0.25, -0.2) is 8.42 Å². The number of thiophene rings is 1. The molecule has 0 spiro atoms. The molecule has 1 atom stereocenters. The Morgan fingerprint density at radius 3 is 2.58 bits per heavy atom. The molecule has 0 radical (unpaired) electrons. The summed E-state index contributed by atoms with van der Waals surface area (Å²) < 4.78 is 32.8. The minimum atomic E-state index is -3.49. The third-order valence-electron chi connectivity index (χ3n) is 6.43. The molecule has 0 aliphatic carbocycles. The Morgan fingerprint density at radius 2 is 1.85 bits per heavy atom. The molecule has 9 heteroatoms. The van der Waals surface area contributed by atoms with E-state index in [1.807, 2.05) is 18.2 Å². The van der Waals surface area contributed by atoms with Crippen LogP contribution >= 0.6 is 11.3 Å². The quantitative estimate of drug-likeness (QED) is 0.573. The lowest BCUT2D eigenvalue weighted by Crippen LogP contribution is -2.40. The minimum absolute atomic E-state index is 0.0741. The van der Waals surface area contributed by atoms with Gasteiger partial charge in [0.15, 0.2) is 0 Å². The van der Waals surface area contributed by atoms with E-state index in [1.165, 1.54) is 34.9 Å². The molecule has 2 saturated heterocycles. The zero-order chi connectivity index (χ0) is 23.3. The van der Waals surface area contributed by atoms with E-state index in [9.17, 15) is 13.2 Å². The summed E-state index contributed by atoms with van der Waals surface area (Å²) >= 11 is 1.26. The van der Waals surface area contributed by atoms with E-state index < -0.39 is 10.0 Å². The van der Waals surface area contributed by atoms with Crippen molar-refractivity contribution >= 4 is 27.3 Å². The first-order valence-electron chi connectivity index (χ1n) is 11.8. The third-order valence-corrected chi connectivity index (χ3v) is 9.93. The molecule has 180 valence electrons. The monoisotopic (exact) mass is 491 g/mol. The number of benzene rings is 1. The summed E-state index contributed by atoms with van der Waals surface area (Å²) in [7, 11) is -3.49. The predicted molar refractivity (Wildman–Crippen MR) is 131 cm³/mol. The second-order valence-electron chi connectivity index (χ2n) is 8.70. The molecule has 1 N–H and O–H groups in total. The predicted octanol–water partition coefficient (Wildman–Crippen LogP) is 3.43. The molecule has 1 unspecified atom stereocenters. The highest BCUT2D eigenvalue weighted by atomic mass is 32.2. The maximum Gasteiger partial charge on any atom is 0.252 e. The number of rotatable bonds is 8. The van der Waals surface area contributed by atoms with Gasteiger partial charge in [0.25, 0.3) is 15.9 Å². The molecule has 1 amide bonds. The van der Waals surface area contributed by atoms with Crippen molar-refractivity contribution in [2.24, 2.45) is 0 Å². The second kappa shape index (κ2) is 11.1. The fraction of sp³-hybridized carbons (Fsp3) is 0.542. The van der Waals surface area contributed by atoms with Gasteiger partial charge in [0.2, 0.25) is 0 Å². The zero-order valence-corrected chi connectivity index (χ0v) is 20.8. The first-order valence-corrected chi connectivity index (χ1v) is 14.0. The largest absolute Gasteiger partial charge is 0.379 e. The van der Waals surface area contributed by atoms with E-state index in [0.717, 1.165) is 30.0 Å². The molecule has 1 aromatic carbocycles. The van der Waals surface area contributed by atoms with Gasteiger partial charge in [-0.3, -0.25) is 4.79 Å². The summed E-state index contributed by atoms with van der Waals surface area (Å²) in [6.45, 7) is 6.76. The normalized spacial score (nSPS) is 20.6. The summed E-state index contributed by atoms with van der Waals surface area (Å²) in [5.74, 6) is -0.0741. The number of likely N-dealkylation sites (tertiary alicyclic amines) is 1. The number of carbonyl (C=O) groups is 1. The molecule has 0 saturated carbocycles. The molecular formula is C24H33N3O4S2. The Morgan fingerprint density at radius 1 is 1.09 bits per heavy atom. The molecule has 2 aliphatic heterocycles. The van der Waals surface area contributed by atoms with Crippen LogP contribution in [-0.4, -0.2) is 75.5 Å². The summed E-state index contributed by atoms with van der Waals surface area (Å²) in [4.78, 5) is 15.9. The molecule has 4 rings (SSSR count). The fourth-order valence-electron chi connectivity index (χ4n) is 4.39. The molecule has 1 aromatic heterocycles. The van der Waals surface area contributed by atoms with Crippen molar-refractivity contribution in [1.29, 1.82) is 0 Å². The number of nitrogens with one attached hydrogen (secondary N) is 1. The number of sulfonamides is 1. The minimum Gasteiger partial charge on any atom is -0.379 e. The van der Waals surface area contributed by atoms with E-state index in [-0.39, 0.29) is 5.91 Å². The van der Waals surface area contributed by atoms with E-state index >= 15 is 0 Å². The Balaban J connectivity index is 1.30. The van der Waals surface area contributed by atoms with Crippen molar-refractivity contribution < 1.29 is 17.9 Å². The Hall–Kier alpha value is -1.78. The summed E-state index contributed by atoms with van der Waals surface area (Å²) in [5.41, 5.74) is 1.52. The van der Waals surface area contributed by atoms with Gasteiger partial charge in [-0.15, -0.1) is 11.3 Å². The van der Waals surface area contributed by atoms with Crippen molar-refractivity contribution in [2.75, 3.05) is 45.9 Å². The van der Waals surface area contributed by atoms with Crippen molar-refractivity contribution in [2.45, 2.75) is 42.9 Å². The number of hydrogen-bond donors (Lipinski definition) is 1. The molecule has 2 fully saturated rings. The lowest BCUT2D eigenvalue weighted by molar-refractivity contribution is 0.0731. The van der Waals surface area contributed by atoms with Crippen LogP contribution in [0, 0.1) is 0 Å². The van der Waals surface area contributed by atoms with Crippen LogP contribution in [-0.2, 0) is 14.8 Å². The van der Waals surface area contributed by atoms with Crippen molar-refractivity contribution in [3.63, 3.8) is 0 Å². The topological polar surface area (TPSA) is 79.0 Å². The molecule has 2 aromatic rings. The zero-order valence-electron chi connectivity index (χ0n) is 19.2. The maximum atomic E-state index is 12.8. The van der Waals surface area contributed by atoms with Gasteiger partial charge in [-0.05, 0) is 62.6 Å². The molecular weight excluding hydrogens is 458 g/mol. The number of piperidine rings is 1. The average Bonchev–Trinajstić information content (AvgIpc) is 3.35. The number of amides is 1. The first-order chi connectivity index (χ1) is 15.9. The van der Waals surface area contributed by atoms with E-state index in [4.69, 9.17) is 4.74 Å². The van der Waals surface area contributed by atoms with Crippen LogP contribution in [0.5, 0.6) is 0 Å². The number of nitrogens with zero attached hydrogens (tertiary/aromatic N) is 2. The Bertz CT molecular complexity index is 1030. The van der Waals surface area contributed by atoms with Crippen LogP contribution in [0.25, 0.3) is 10.4 Å². The van der Waals surface area contributed by atoms with Crippen LogP contribution < -0.4 is 5.32 Å². The molecule has 2 aliphatic rings. The Kier molecular flexibility index (Phi) is 8.19. The van der Waals surface area contributed by atoms with E-state index in [0.29, 0.717) is 48.7 Å². The van der Waals surface area contributed by atoms with Crippen LogP contribution in [0.1, 0.15) is 43.0 Å². The van der Waals surface area contributed by atoms with Crippen molar-refractivity contribution in [3.8, 4) is 10.4 Å². The lowest BCUT2D eigenvalue weighted by atomic mass is 10.0. The average molecular weight is 492 g/mol. The van der Waals surface area contributed by atoms with Gasteiger partial charge >= 0.3 is 0 Å². The molecule has 3 heterocycles. The van der Waals surface area contributed by atoms with E-state index in [2.05, 4.69) is 17.1 Å². The van der Waals surface area contributed by atoms with Crippen molar-refractivity contribution in [3.05, 3.63) is 42.0 Å². The third kappa shape index (κ3) is 6.02. The van der Waals surface area contributed by atoms with Crippen LogP contribution in [0.2, 0.25) is 0 Å². The van der Waals surface area contributed by atoms with Gasteiger partial charge in [0.05, 0.1) is 13.2 Å². The highest BCUT2D eigenvalue weighted by Gasteiger charge is 2.28. The number of morpholine rings is 1. The van der Waals surface area contributed by atoms with Crippen molar-refractivity contribution in [1.82, 2.24) is 14.5 Å². The SMILES string of the molecule is CC1CCCCN1CCCNC(=O)c1ccc(-c2ccc(S(=O)(=O)N3CCOCC3)s2)cc1. The maximum absolute atomic E-state index is 12.8. The van der Waals surface area contributed by atoms with Gasteiger partial charge in [0, 0.05) is 42.7 Å². The summed E-state index contributed by atoms with van der Waals surface area (Å²) in [6.07, 6.45) is 4.81. The second-order valence-corrected chi connectivity index (χ2v) is 12.0. The highest BCUT2D eigenvalue weighted by molar-refractivity contribution is 7.91. The standard InChI is InChI=1S/C24H33N3O4S2/c1-19-5-2-3-13-26(19)14-4-12-25-24(28)21-8-6-20(7-9-21)22-10-11-23(32-22)33(29,30)27-15-17-31-18-16-27/h6-11,19H,2-5,12-18H2,1H3,(H,25,28). The Labute approximate surface area is 200 Å². The van der Waals surface area contributed by atoms with Crippen LogP contribution in [0.3, 0.4) is 0 Å². The molecule has 7 nitrogen and oxygen atoms in total. The van der Waals surface area contributed by atoms with Gasteiger partial charge < -0.3 is 15.0 Å². The number of hydrogen-bond acceptors (Lipinski definition) is 6. The van der Waals surface area contributed by atoms with Crippen LogP contribution in [0.4, 0.5) is 0 Å². The van der Waals surface area contributed by atoms with Gasteiger partial charge in [0.1, 0.15) is 4.21 Å². The van der Waals surface area contributed by atoms with E-state index in [1.54, 1.807) is 18.2 Å². The van der Waals surface area contributed by atoms with Gasteiger partial charge in [-0.2, -0.15) is 4.31 Å². The summed E-state index contributed by atoms with van der Waals surface area (Å²) in [5, 5.41) is 3.01.